The molecule has 0 radical (unpaired) electrons. The van der Waals surface area contributed by atoms with E-state index in [0.717, 1.165) is 25.3 Å². The zero-order valence-corrected chi connectivity index (χ0v) is 18.5. The molecule has 1 aromatic carbocycles. The van der Waals surface area contributed by atoms with Crippen LogP contribution < -0.4 is 15.8 Å². The van der Waals surface area contributed by atoms with E-state index in [0.29, 0.717) is 29.9 Å². The standard InChI is InChI=1S/C23H28N8O2/c24-21-27-22(28-23-26-20(29-31(21)23)19-5-4-15-33-19)25-11-10-17-6-8-18(9-7-17)32-16-14-30-12-2-1-3-13-30/h4-9,15H,1-3,10-14,16H2,(H3,24,25,26,27,28,29). The number of nitrogen functional groups attached to an aromatic ring is 1. The largest absolute Gasteiger partial charge is 0.492 e. The number of furan rings is 1. The molecule has 3 N–H and O–H groups in total. The molecule has 0 aliphatic carbocycles. The SMILES string of the molecule is Nc1nc(NCCc2ccc(OCCN3CCCCC3)cc2)nc2nc(-c3ccco3)nn12. The molecule has 0 saturated carbocycles. The average molecular weight is 449 g/mol. The van der Waals surface area contributed by atoms with Gasteiger partial charge in [0, 0.05) is 13.1 Å². The number of hydrogen-bond acceptors (Lipinski definition) is 9. The van der Waals surface area contributed by atoms with Gasteiger partial charge in [0.25, 0.3) is 5.78 Å². The Morgan fingerprint density at radius 3 is 2.67 bits per heavy atom. The van der Waals surface area contributed by atoms with Gasteiger partial charge in [-0.2, -0.15) is 19.5 Å². The minimum Gasteiger partial charge on any atom is -0.492 e. The maximum atomic E-state index is 6.03. The molecule has 5 rings (SSSR count). The molecule has 0 unspecified atom stereocenters. The minimum absolute atomic E-state index is 0.207. The third-order valence-electron chi connectivity index (χ3n) is 5.72. The molecular weight excluding hydrogens is 420 g/mol. The number of hydrogen-bond donors (Lipinski definition) is 2. The van der Waals surface area contributed by atoms with Gasteiger partial charge in [-0.15, -0.1) is 5.10 Å². The van der Waals surface area contributed by atoms with Crippen LogP contribution in [0.2, 0.25) is 0 Å². The summed E-state index contributed by atoms with van der Waals surface area (Å²) in [4.78, 5) is 15.5. The van der Waals surface area contributed by atoms with Crippen LogP contribution in [0.15, 0.2) is 47.1 Å². The Balaban J connectivity index is 1.12. The molecule has 0 spiro atoms. The van der Waals surface area contributed by atoms with Crippen LogP contribution in [0.25, 0.3) is 17.4 Å². The van der Waals surface area contributed by atoms with Gasteiger partial charge in [-0.05, 0) is 62.2 Å². The Bertz CT molecular complexity index is 1170. The predicted octanol–water partition coefficient (Wildman–Crippen LogP) is 2.88. The number of benzene rings is 1. The molecule has 10 heteroatoms. The molecule has 172 valence electrons. The van der Waals surface area contributed by atoms with Crippen LogP contribution in [0, 0.1) is 0 Å². The van der Waals surface area contributed by atoms with Crippen LogP contribution in [0.1, 0.15) is 24.8 Å². The summed E-state index contributed by atoms with van der Waals surface area (Å²) in [6.45, 7) is 4.77. The zero-order chi connectivity index (χ0) is 22.5. The van der Waals surface area contributed by atoms with Crippen molar-refractivity contribution in [1.82, 2.24) is 29.5 Å². The fourth-order valence-electron chi connectivity index (χ4n) is 3.94. The quantitative estimate of drug-likeness (QED) is 0.398. The van der Waals surface area contributed by atoms with Gasteiger partial charge in [0.15, 0.2) is 5.76 Å². The topological polar surface area (TPSA) is 120 Å². The average Bonchev–Trinajstić information content (AvgIpc) is 3.51. The highest BCUT2D eigenvalue weighted by Crippen LogP contribution is 2.18. The van der Waals surface area contributed by atoms with E-state index in [-0.39, 0.29) is 5.95 Å². The van der Waals surface area contributed by atoms with Crippen molar-refractivity contribution in [3.05, 3.63) is 48.2 Å². The second kappa shape index (κ2) is 9.86. The lowest BCUT2D eigenvalue weighted by molar-refractivity contribution is 0.183. The number of fused-ring (bicyclic) bond motifs is 1. The van der Waals surface area contributed by atoms with Crippen molar-refractivity contribution >= 4 is 17.7 Å². The van der Waals surface area contributed by atoms with Crippen LogP contribution >= 0.6 is 0 Å². The number of nitrogens with zero attached hydrogens (tertiary/aromatic N) is 6. The van der Waals surface area contributed by atoms with Crippen molar-refractivity contribution in [3.63, 3.8) is 0 Å². The van der Waals surface area contributed by atoms with Gasteiger partial charge in [0.2, 0.25) is 17.7 Å². The predicted molar refractivity (Wildman–Crippen MR) is 125 cm³/mol. The van der Waals surface area contributed by atoms with E-state index in [4.69, 9.17) is 14.9 Å². The first-order valence-corrected chi connectivity index (χ1v) is 11.4. The van der Waals surface area contributed by atoms with Gasteiger partial charge in [0.05, 0.1) is 6.26 Å². The molecule has 4 aromatic rings. The maximum Gasteiger partial charge on any atom is 0.259 e. The van der Waals surface area contributed by atoms with Gasteiger partial charge in [-0.25, -0.2) is 0 Å². The number of aromatic nitrogens is 5. The number of piperidine rings is 1. The molecule has 10 nitrogen and oxygen atoms in total. The van der Waals surface area contributed by atoms with Crippen molar-refractivity contribution in [1.29, 1.82) is 0 Å². The molecule has 1 fully saturated rings. The highest BCUT2D eigenvalue weighted by atomic mass is 16.5. The number of ether oxygens (including phenoxy) is 1. The number of anilines is 2. The third-order valence-corrected chi connectivity index (χ3v) is 5.72. The fourth-order valence-corrected chi connectivity index (χ4v) is 3.94. The summed E-state index contributed by atoms with van der Waals surface area (Å²) in [6, 6.07) is 11.8. The van der Waals surface area contributed by atoms with E-state index in [1.54, 1.807) is 18.4 Å². The summed E-state index contributed by atoms with van der Waals surface area (Å²) in [5.74, 6) is 2.85. The highest BCUT2D eigenvalue weighted by Gasteiger charge is 2.14. The molecule has 1 saturated heterocycles. The van der Waals surface area contributed by atoms with Crippen LogP contribution in [-0.2, 0) is 6.42 Å². The van der Waals surface area contributed by atoms with Crippen molar-refractivity contribution in [2.45, 2.75) is 25.7 Å². The van der Waals surface area contributed by atoms with Crippen molar-refractivity contribution < 1.29 is 9.15 Å². The first kappa shape index (κ1) is 21.2. The lowest BCUT2D eigenvalue weighted by Crippen LogP contribution is -2.33. The molecule has 0 atom stereocenters. The second-order valence-corrected chi connectivity index (χ2v) is 8.10. The van der Waals surface area contributed by atoms with Gasteiger partial charge in [-0.1, -0.05) is 18.6 Å². The number of nitrogens with two attached hydrogens (primary N) is 1. The summed E-state index contributed by atoms with van der Waals surface area (Å²) in [6.07, 6.45) is 6.34. The van der Waals surface area contributed by atoms with Gasteiger partial charge in [-0.3, -0.25) is 4.90 Å². The molecule has 1 aliphatic heterocycles. The zero-order valence-electron chi connectivity index (χ0n) is 18.5. The number of likely N-dealkylation sites (tertiary alicyclic amines) is 1. The van der Waals surface area contributed by atoms with E-state index in [1.165, 1.54) is 42.4 Å². The van der Waals surface area contributed by atoms with Crippen LogP contribution in [-0.4, -0.2) is 62.3 Å². The van der Waals surface area contributed by atoms with E-state index >= 15 is 0 Å². The summed E-state index contributed by atoms with van der Waals surface area (Å²) in [7, 11) is 0. The highest BCUT2D eigenvalue weighted by molar-refractivity contribution is 5.52. The molecule has 4 heterocycles. The molecule has 0 amide bonds. The van der Waals surface area contributed by atoms with Crippen molar-refractivity contribution in [2.75, 3.05) is 43.8 Å². The number of nitrogens with one attached hydrogen (secondary N) is 1. The minimum atomic E-state index is 0.207. The maximum absolute atomic E-state index is 6.03. The van der Waals surface area contributed by atoms with E-state index in [9.17, 15) is 0 Å². The molecule has 33 heavy (non-hydrogen) atoms. The fraction of sp³-hybridized carbons (Fsp3) is 0.391. The van der Waals surface area contributed by atoms with Crippen LogP contribution in [0.5, 0.6) is 5.75 Å². The van der Waals surface area contributed by atoms with Crippen LogP contribution in [0.4, 0.5) is 11.9 Å². The summed E-state index contributed by atoms with van der Waals surface area (Å²) in [5, 5.41) is 7.51. The Labute approximate surface area is 191 Å². The Morgan fingerprint density at radius 2 is 1.88 bits per heavy atom. The molecule has 3 aromatic heterocycles. The second-order valence-electron chi connectivity index (χ2n) is 8.10. The van der Waals surface area contributed by atoms with Gasteiger partial charge in [0.1, 0.15) is 12.4 Å². The van der Waals surface area contributed by atoms with E-state index in [2.05, 4.69) is 42.4 Å². The molecule has 0 bridgehead atoms. The summed E-state index contributed by atoms with van der Waals surface area (Å²) >= 11 is 0. The van der Waals surface area contributed by atoms with E-state index in [1.807, 2.05) is 12.1 Å². The molecule has 1 aliphatic rings. The summed E-state index contributed by atoms with van der Waals surface area (Å²) in [5.41, 5.74) is 7.23. The van der Waals surface area contributed by atoms with Gasteiger partial charge < -0.3 is 20.2 Å². The van der Waals surface area contributed by atoms with E-state index < -0.39 is 0 Å². The van der Waals surface area contributed by atoms with Crippen molar-refractivity contribution in [2.24, 2.45) is 0 Å². The first-order chi connectivity index (χ1) is 16.2. The normalized spacial score (nSPS) is 14.5. The van der Waals surface area contributed by atoms with Crippen molar-refractivity contribution in [3.8, 4) is 17.3 Å². The number of rotatable bonds is 9. The summed E-state index contributed by atoms with van der Waals surface area (Å²) < 4.78 is 12.6. The third kappa shape index (κ3) is 5.23. The Hall–Kier alpha value is -3.66. The monoisotopic (exact) mass is 448 g/mol. The Kier molecular flexibility index (Phi) is 6.34. The lowest BCUT2D eigenvalue weighted by atomic mass is 10.1. The smallest absolute Gasteiger partial charge is 0.259 e. The lowest BCUT2D eigenvalue weighted by Gasteiger charge is -2.26. The van der Waals surface area contributed by atoms with Crippen LogP contribution in [0.3, 0.4) is 0 Å². The van der Waals surface area contributed by atoms with Gasteiger partial charge >= 0.3 is 0 Å². The molecular formula is C23H28N8O2. The Morgan fingerprint density at radius 1 is 1.03 bits per heavy atom. The first-order valence-electron chi connectivity index (χ1n) is 11.4.